The molecule has 0 aromatic heterocycles. The summed E-state index contributed by atoms with van der Waals surface area (Å²) in [5.74, 6) is -1.01. The second-order valence-corrected chi connectivity index (χ2v) is 5.05. The Bertz CT molecular complexity index is 286. The van der Waals surface area contributed by atoms with Crippen molar-refractivity contribution < 1.29 is 14.7 Å². The van der Waals surface area contributed by atoms with Gasteiger partial charge in [0.2, 0.25) is 0 Å². The molecule has 0 aromatic carbocycles. The van der Waals surface area contributed by atoms with Crippen LogP contribution in [0.3, 0.4) is 0 Å². The normalized spacial score (nSPS) is 19.8. The Kier molecular flexibility index (Phi) is 5.95. The van der Waals surface area contributed by atoms with E-state index in [2.05, 4.69) is 5.32 Å². The Hall–Kier alpha value is -1.26. The Morgan fingerprint density at radius 3 is 2.22 bits per heavy atom. The molecule has 0 radical (unpaired) electrons. The lowest BCUT2D eigenvalue weighted by Crippen LogP contribution is -2.50. The molecule has 2 atom stereocenters. The van der Waals surface area contributed by atoms with E-state index in [1.165, 1.54) is 0 Å². The molecule has 5 heteroatoms. The van der Waals surface area contributed by atoms with E-state index in [1.54, 1.807) is 4.90 Å². The number of carboxylic acid groups (broad SMARTS) is 1. The van der Waals surface area contributed by atoms with E-state index in [0.29, 0.717) is 0 Å². The van der Waals surface area contributed by atoms with Gasteiger partial charge in [-0.2, -0.15) is 0 Å². The molecule has 1 aliphatic rings. The fourth-order valence-electron chi connectivity index (χ4n) is 2.18. The van der Waals surface area contributed by atoms with E-state index in [9.17, 15) is 9.59 Å². The molecule has 0 unspecified atom stereocenters. The minimum absolute atomic E-state index is 0.0570. The largest absolute Gasteiger partial charge is 0.480 e. The molecule has 1 heterocycles. The fourth-order valence-corrected chi connectivity index (χ4v) is 2.18. The number of likely N-dealkylation sites (tertiary alicyclic amines) is 1. The molecule has 1 saturated heterocycles. The summed E-state index contributed by atoms with van der Waals surface area (Å²) < 4.78 is 0. The van der Waals surface area contributed by atoms with Gasteiger partial charge in [0, 0.05) is 13.1 Å². The van der Waals surface area contributed by atoms with Gasteiger partial charge in [0.1, 0.15) is 6.04 Å². The number of nitrogens with zero attached hydrogens (tertiary/aromatic N) is 1. The molecule has 0 saturated carbocycles. The molecular weight excluding hydrogens is 232 g/mol. The Labute approximate surface area is 109 Å². The average Bonchev–Trinajstić information content (AvgIpc) is 2.63. The molecule has 1 aliphatic heterocycles. The van der Waals surface area contributed by atoms with Crippen molar-refractivity contribution in [2.75, 3.05) is 13.1 Å². The van der Waals surface area contributed by atoms with Gasteiger partial charge in [-0.15, -0.1) is 0 Å². The molecule has 2 N–H and O–H groups in total. The number of aliphatic carboxylic acids is 1. The first-order valence-electron chi connectivity index (χ1n) is 6.84. The minimum atomic E-state index is -0.951. The quantitative estimate of drug-likeness (QED) is 0.809. The van der Waals surface area contributed by atoms with Gasteiger partial charge in [-0.25, -0.2) is 9.59 Å². The third kappa shape index (κ3) is 4.20. The molecule has 0 spiro atoms. The molecule has 1 rings (SSSR count). The number of amides is 2. The molecule has 2 amide bonds. The smallest absolute Gasteiger partial charge is 0.326 e. The van der Waals surface area contributed by atoms with Crippen LogP contribution in [0.1, 0.15) is 46.0 Å². The first-order chi connectivity index (χ1) is 8.56. The van der Waals surface area contributed by atoms with Crippen molar-refractivity contribution in [3.8, 4) is 0 Å². The van der Waals surface area contributed by atoms with Gasteiger partial charge in [-0.05, 0) is 18.8 Å². The molecule has 104 valence electrons. The maximum absolute atomic E-state index is 12.0. The summed E-state index contributed by atoms with van der Waals surface area (Å²) in [6.07, 6.45) is 5.05. The maximum atomic E-state index is 12.0. The summed E-state index contributed by atoms with van der Waals surface area (Å²) in [7, 11) is 0. The summed E-state index contributed by atoms with van der Waals surface area (Å²) in [6, 6.07) is -1.02. The van der Waals surface area contributed by atoms with Crippen LogP contribution in [0.2, 0.25) is 0 Å². The number of nitrogens with one attached hydrogen (secondary N) is 1. The van der Waals surface area contributed by atoms with Crippen molar-refractivity contribution >= 4 is 12.0 Å². The highest BCUT2D eigenvalue weighted by Crippen LogP contribution is 2.12. The van der Waals surface area contributed by atoms with Crippen LogP contribution in [-0.2, 0) is 4.79 Å². The number of urea groups is 1. The zero-order chi connectivity index (χ0) is 13.5. The lowest BCUT2D eigenvalue weighted by atomic mass is 9.99. The van der Waals surface area contributed by atoms with Crippen LogP contribution in [0.15, 0.2) is 0 Å². The van der Waals surface area contributed by atoms with Gasteiger partial charge < -0.3 is 15.3 Å². The number of carbonyl (C=O) groups is 2. The fraction of sp³-hybridized carbons (Fsp3) is 0.846. The highest BCUT2D eigenvalue weighted by Gasteiger charge is 2.27. The summed E-state index contributed by atoms with van der Waals surface area (Å²) in [5, 5.41) is 11.8. The van der Waals surface area contributed by atoms with Crippen molar-refractivity contribution in [1.29, 1.82) is 0 Å². The molecule has 5 nitrogen and oxygen atoms in total. The molecule has 0 aromatic rings. The lowest BCUT2D eigenvalue weighted by molar-refractivity contribution is -0.140. The zero-order valence-electron chi connectivity index (χ0n) is 11.3. The van der Waals surface area contributed by atoms with Crippen molar-refractivity contribution in [3.05, 3.63) is 0 Å². The monoisotopic (exact) mass is 256 g/mol. The molecule has 18 heavy (non-hydrogen) atoms. The molecule has 0 bridgehead atoms. The van der Waals surface area contributed by atoms with Crippen LogP contribution >= 0.6 is 0 Å². The van der Waals surface area contributed by atoms with E-state index in [0.717, 1.165) is 45.2 Å². The van der Waals surface area contributed by atoms with Crippen LogP contribution in [0.5, 0.6) is 0 Å². The van der Waals surface area contributed by atoms with Gasteiger partial charge in [0.15, 0.2) is 0 Å². The average molecular weight is 256 g/mol. The zero-order valence-corrected chi connectivity index (χ0v) is 11.3. The van der Waals surface area contributed by atoms with Crippen molar-refractivity contribution in [1.82, 2.24) is 10.2 Å². The molecular formula is C13H24N2O3. The van der Waals surface area contributed by atoms with Crippen LogP contribution in [0.4, 0.5) is 4.79 Å². The van der Waals surface area contributed by atoms with Crippen LogP contribution in [0.25, 0.3) is 0 Å². The van der Waals surface area contributed by atoms with Crippen LogP contribution in [-0.4, -0.2) is 41.1 Å². The molecule has 0 aliphatic carbocycles. The number of carbonyl (C=O) groups excluding carboxylic acids is 1. The second-order valence-electron chi connectivity index (χ2n) is 5.05. The van der Waals surface area contributed by atoms with E-state index >= 15 is 0 Å². The number of hydrogen-bond donors (Lipinski definition) is 2. The summed E-state index contributed by atoms with van der Waals surface area (Å²) in [5.41, 5.74) is 0. The first-order valence-corrected chi connectivity index (χ1v) is 6.84. The lowest BCUT2D eigenvalue weighted by Gasteiger charge is -2.26. The van der Waals surface area contributed by atoms with E-state index < -0.39 is 12.0 Å². The minimum Gasteiger partial charge on any atom is -0.480 e. The van der Waals surface area contributed by atoms with Crippen molar-refractivity contribution in [3.63, 3.8) is 0 Å². The van der Waals surface area contributed by atoms with E-state index in [-0.39, 0.29) is 11.9 Å². The summed E-state index contributed by atoms with van der Waals surface area (Å²) in [4.78, 5) is 24.9. The predicted octanol–water partition coefficient (Wildman–Crippen LogP) is 2.07. The SMILES string of the molecule is CC[C@@H](C)[C@H](NC(=O)N1CCCCCC1)C(=O)O. The summed E-state index contributed by atoms with van der Waals surface area (Å²) in [6.45, 7) is 5.25. The second kappa shape index (κ2) is 7.24. The number of hydrogen-bond acceptors (Lipinski definition) is 2. The van der Waals surface area contributed by atoms with E-state index in [4.69, 9.17) is 5.11 Å². The third-order valence-electron chi connectivity index (χ3n) is 3.65. The number of carboxylic acids is 1. The van der Waals surface area contributed by atoms with Gasteiger partial charge in [0.05, 0.1) is 0 Å². The standard InChI is InChI=1S/C13H24N2O3/c1-3-10(2)11(12(16)17)14-13(18)15-8-6-4-5-7-9-15/h10-11H,3-9H2,1-2H3,(H,14,18)(H,16,17)/t10-,11+/m1/s1. The van der Waals surface area contributed by atoms with Crippen LogP contribution < -0.4 is 5.32 Å². The van der Waals surface area contributed by atoms with Crippen LogP contribution in [0, 0.1) is 5.92 Å². The number of rotatable bonds is 4. The third-order valence-corrected chi connectivity index (χ3v) is 3.65. The predicted molar refractivity (Wildman–Crippen MR) is 69.5 cm³/mol. The van der Waals surface area contributed by atoms with Gasteiger partial charge >= 0.3 is 12.0 Å². The first kappa shape index (κ1) is 14.8. The summed E-state index contributed by atoms with van der Waals surface area (Å²) >= 11 is 0. The van der Waals surface area contributed by atoms with Crippen molar-refractivity contribution in [2.45, 2.75) is 52.0 Å². The highest BCUT2D eigenvalue weighted by atomic mass is 16.4. The Morgan fingerprint density at radius 2 is 1.78 bits per heavy atom. The topological polar surface area (TPSA) is 69.6 Å². The van der Waals surface area contributed by atoms with Gasteiger partial charge in [-0.1, -0.05) is 33.1 Å². The van der Waals surface area contributed by atoms with Crippen molar-refractivity contribution in [2.24, 2.45) is 5.92 Å². The highest BCUT2D eigenvalue weighted by molar-refractivity contribution is 5.82. The van der Waals surface area contributed by atoms with E-state index in [1.807, 2.05) is 13.8 Å². The maximum Gasteiger partial charge on any atom is 0.326 e. The Morgan fingerprint density at radius 1 is 1.22 bits per heavy atom. The van der Waals surface area contributed by atoms with Gasteiger partial charge in [0.25, 0.3) is 0 Å². The Balaban J connectivity index is 2.56. The molecule has 1 fully saturated rings. The van der Waals surface area contributed by atoms with Gasteiger partial charge in [-0.3, -0.25) is 0 Å².